The Morgan fingerprint density at radius 2 is 2.04 bits per heavy atom. The van der Waals surface area contributed by atoms with E-state index >= 15 is 0 Å². The Morgan fingerprint density at radius 1 is 1.33 bits per heavy atom. The van der Waals surface area contributed by atoms with Crippen molar-refractivity contribution in [1.82, 2.24) is 14.9 Å². The van der Waals surface area contributed by atoms with Crippen molar-refractivity contribution in [2.75, 3.05) is 30.8 Å². The number of alkyl halides is 3. The van der Waals surface area contributed by atoms with Crippen LogP contribution < -0.4 is 10.6 Å². The summed E-state index contributed by atoms with van der Waals surface area (Å²) in [7, 11) is 1.59. The Labute approximate surface area is 136 Å². The quantitative estimate of drug-likeness (QED) is 0.923. The molecule has 24 heavy (non-hydrogen) atoms. The van der Waals surface area contributed by atoms with Crippen molar-refractivity contribution in [1.29, 1.82) is 0 Å². The molecule has 0 bridgehead atoms. The summed E-state index contributed by atoms with van der Waals surface area (Å²) in [6.07, 6.45) is -4.13. The van der Waals surface area contributed by atoms with Crippen molar-refractivity contribution in [2.24, 2.45) is 0 Å². The second-order valence-electron chi connectivity index (χ2n) is 5.72. The fourth-order valence-corrected chi connectivity index (χ4v) is 2.84. The molecule has 1 aliphatic rings. The number of halogens is 3. The predicted molar refractivity (Wildman–Crippen MR) is 83.4 cm³/mol. The minimum atomic E-state index is -4.41. The second kappa shape index (κ2) is 5.81. The third kappa shape index (κ3) is 3.06. The van der Waals surface area contributed by atoms with Gasteiger partial charge in [0.05, 0.1) is 5.52 Å². The van der Waals surface area contributed by atoms with Crippen LogP contribution in [0.1, 0.15) is 6.42 Å². The number of likely N-dealkylation sites (N-methyl/N-ethyl adjacent to an activating group) is 1. The van der Waals surface area contributed by atoms with E-state index in [9.17, 15) is 18.0 Å². The first kappa shape index (κ1) is 16.3. The highest BCUT2D eigenvalue weighted by Crippen LogP contribution is 2.26. The van der Waals surface area contributed by atoms with E-state index in [-0.39, 0.29) is 24.7 Å². The monoisotopic (exact) mass is 339 g/mol. The maximum atomic E-state index is 12.5. The number of likely N-dealkylation sites (tertiary alicyclic amines) is 1. The standard InChI is InChI=1S/C15H16F3N5O/c1-22(11-6-7-23(13(11)24)8-15(16,17)18)14-20-10-5-3-2-4-9(10)12(19)21-14/h2-5,11H,6-8H2,1H3,(H2,19,20,21)/t11-/m1/s1. The molecule has 6 nitrogen and oxygen atoms in total. The molecule has 1 amide bonds. The fraction of sp³-hybridized carbons (Fsp3) is 0.400. The Morgan fingerprint density at radius 3 is 2.75 bits per heavy atom. The van der Waals surface area contributed by atoms with Gasteiger partial charge in [-0.2, -0.15) is 18.2 Å². The Hall–Kier alpha value is -2.58. The van der Waals surface area contributed by atoms with E-state index in [0.29, 0.717) is 10.9 Å². The van der Waals surface area contributed by atoms with Gasteiger partial charge in [0.25, 0.3) is 0 Å². The third-order valence-corrected chi connectivity index (χ3v) is 4.04. The molecular formula is C15H16F3N5O. The molecule has 1 saturated heterocycles. The number of nitrogen functional groups attached to an aromatic ring is 1. The number of hydrogen-bond acceptors (Lipinski definition) is 5. The average Bonchev–Trinajstić information content (AvgIpc) is 2.86. The zero-order valence-electron chi connectivity index (χ0n) is 12.9. The fourth-order valence-electron chi connectivity index (χ4n) is 2.84. The second-order valence-corrected chi connectivity index (χ2v) is 5.72. The van der Waals surface area contributed by atoms with Crippen LogP contribution in [0.5, 0.6) is 0 Å². The number of aromatic nitrogens is 2. The summed E-state index contributed by atoms with van der Waals surface area (Å²) >= 11 is 0. The molecule has 2 N–H and O–H groups in total. The van der Waals surface area contributed by atoms with Gasteiger partial charge in [0.2, 0.25) is 11.9 Å². The topological polar surface area (TPSA) is 75.4 Å². The minimum absolute atomic E-state index is 0.0520. The number of nitrogens with two attached hydrogens (primary N) is 1. The zero-order chi connectivity index (χ0) is 17.5. The Balaban J connectivity index is 1.85. The average molecular weight is 339 g/mol. The van der Waals surface area contributed by atoms with Crippen molar-refractivity contribution in [3.05, 3.63) is 24.3 Å². The van der Waals surface area contributed by atoms with E-state index in [4.69, 9.17) is 5.73 Å². The summed E-state index contributed by atoms with van der Waals surface area (Å²) in [6.45, 7) is -1.19. The summed E-state index contributed by atoms with van der Waals surface area (Å²) in [6, 6.07) is 6.41. The maximum Gasteiger partial charge on any atom is 0.406 e. The van der Waals surface area contributed by atoms with Crippen molar-refractivity contribution < 1.29 is 18.0 Å². The van der Waals surface area contributed by atoms with Crippen LogP contribution in [0.4, 0.5) is 24.9 Å². The lowest BCUT2D eigenvalue weighted by Crippen LogP contribution is -2.43. The summed E-state index contributed by atoms with van der Waals surface area (Å²) < 4.78 is 37.5. The van der Waals surface area contributed by atoms with Crippen LogP contribution >= 0.6 is 0 Å². The number of nitrogens with zero attached hydrogens (tertiary/aromatic N) is 4. The molecule has 0 aliphatic carbocycles. The lowest BCUT2D eigenvalue weighted by molar-refractivity contribution is -0.157. The van der Waals surface area contributed by atoms with E-state index in [1.165, 1.54) is 4.90 Å². The number of hydrogen-bond donors (Lipinski definition) is 1. The van der Waals surface area contributed by atoms with E-state index in [0.717, 1.165) is 4.90 Å². The summed E-state index contributed by atoms with van der Waals surface area (Å²) in [5, 5.41) is 0.686. The SMILES string of the molecule is CN(c1nc(N)c2ccccc2n1)[C@@H]1CCN(CC(F)(F)F)C1=O. The molecule has 0 saturated carbocycles. The highest BCUT2D eigenvalue weighted by atomic mass is 19.4. The van der Waals surface area contributed by atoms with Crippen molar-refractivity contribution in [3.63, 3.8) is 0 Å². The van der Waals surface area contributed by atoms with E-state index in [2.05, 4.69) is 9.97 Å². The molecule has 1 aliphatic heterocycles. The number of amides is 1. The van der Waals surface area contributed by atoms with Gasteiger partial charge in [-0.15, -0.1) is 0 Å². The normalized spacial score (nSPS) is 18.4. The van der Waals surface area contributed by atoms with Crippen molar-refractivity contribution >= 4 is 28.6 Å². The maximum absolute atomic E-state index is 12.5. The molecule has 128 valence electrons. The van der Waals surface area contributed by atoms with Crippen LogP contribution in [-0.2, 0) is 4.79 Å². The third-order valence-electron chi connectivity index (χ3n) is 4.04. The molecule has 2 aromatic rings. The van der Waals surface area contributed by atoms with Gasteiger partial charge < -0.3 is 15.5 Å². The molecule has 1 fully saturated rings. The molecule has 2 heterocycles. The van der Waals surface area contributed by atoms with Gasteiger partial charge in [-0.3, -0.25) is 4.79 Å². The van der Waals surface area contributed by atoms with E-state index in [1.807, 2.05) is 0 Å². The number of rotatable bonds is 3. The lowest BCUT2D eigenvalue weighted by atomic mass is 10.2. The van der Waals surface area contributed by atoms with Crippen molar-refractivity contribution in [2.45, 2.75) is 18.6 Å². The van der Waals surface area contributed by atoms with Gasteiger partial charge in [0.15, 0.2) is 0 Å². The molecule has 0 radical (unpaired) electrons. The first-order valence-corrected chi connectivity index (χ1v) is 7.37. The van der Waals surface area contributed by atoms with Crippen LogP contribution in [-0.4, -0.2) is 53.1 Å². The van der Waals surface area contributed by atoms with Crippen LogP contribution in [0.25, 0.3) is 10.9 Å². The predicted octanol–water partition coefficient (Wildman–Crippen LogP) is 1.81. The summed E-state index contributed by atoms with van der Waals surface area (Å²) in [5.74, 6) is -0.0939. The van der Waals surface area contributed by atoms with Crippen LogP contribution in [0.2, 0.25) is 0 Å². The Bertz CT molecular complexity index is 779. The minimum Gasteiger partial charge on any atom is -0.383 e. The number of carbonyl (C=O) groups is 1. The highest BCUT2D eigenvalue weighted by molar-refractivity contribution is 5.90. The smallest absolute Gasteiger partial charge is 0.383 e. The summed E-state index contributed by atoms with van der Waals surface area (Å²) in [5.41, 5.74) is 6.53. The number of para-hydroxylation sites is 1. The van der Waals surface area contributed by atoms with Crippen LogP contribution in [0.15, 0.2) is 24.3 Å². The van der Waals surface area contributed by atoms with Gasteiger partial charge in [-0.1, -0.05) is 12.1 Å². The first-order valence-electron chi connectivity index (χ1n) is 7.37. The number of fused-ring (bicyclic) bond motifs is 1. The number of benzene rings is 1. The lowest BCUT2D eigenvalue weighted by Gasteiger charge is -2.24. The van der Waals surface area contributed by atoms with Gasteiger partial charge in [-0.25, -0.2) is 4.98 Å². The number of carbonyl (C=O) groups excluding carboxylic acids is 1. The van der Waals surface area contributed by atoms with E-state index < -0.39 is 24.7 Å². The highest BCUT2D eigenvalue weighted by Gasteiger charge is 2.41. The largest absolute Gasteiger partial charge is 0.406 e. The zero-order valence-corrected chi connectivity index (χ0v) is 12.9. The van der Waals surface area contributed by atoms with Gasteiger partial charge in [0.1, 0.15) is 18.4 Å². The molecule has 9 heteroatoms. The van der Waals surface area contributed by atoms with Gasteiger partial charge in [-0.05, 0) is 18.6 Å². The van der Waals surface area contributed by atoms with Crippen molar-refractivity contribution in [3.8, 4) is 0 Å². The summed E-state index contributed by atoms with van der Waals surface area (Å²) in [4.78, 5) is 23.1. The molecule has 0 unspecified atom stereocenters. The molecule has 0 spiro atoms. The van der Waals surface area contributed by atoms with Gasteiger partial charge >= 0.3 is 6.18 Å². The molecular weight excluding hydrogens is 323 g/mol. The molecule has 1 aromatic carbocycles. The van der Waals surface area contributed by atoms with Gasteiger partial charge in [0, 0.05) is 19.0 Å². The first-order chi connectivity index (χ1) is 11.3. The van der Waals surface area contributed by atoms with E-state index in [1.54, 1.807) is 31.3 Å². The van der Waals surface area contributed by atoms with Crippen LogP contribution in [0.3, 0.4) is 0 Å². The Kier molecular flexibility index (Phi) is 3.94. The molecule has 1 aromatic heterocycles. The van der Waals surface area contributed by atoms with Crippen LogP contribution in [0, 0.1) is 0 Å². The molecule has 1 atom stereocenters. The number of anilines is 2. The molecule has 3 rings (SSSR count).